The molecule has 2 aromatic rings. The van der Waals surface area contributed by atoms with E-state index < -0.39 is 0 Å². The third-order valence-corrected chi connectivity index (χ3v) is 4.68. The maximum atomic E-state index is 12.7. The second-order valence-corrected chi connectivity index (χ2v) is 6.38. The number of pyridine rings is 1. The molecule has 3 rings (SSSR count). The fourth-order valence-electron chi connectivity index (χ4n) is 3.47. The van der Waals surface area contributed by atoms with Crippen molar-refractivity contribution >= 4 is 5.91 Å². The van der Waals surface area contributed by atoms with Crippen LogP contribution in [0.1, 0.15) is 24.5 Å². The summed E-state index contributed by atoms with van der Waals surface area (Å²) < 4.78 is 0. The lowest BCUT2D eigenvalue weighted by Crippen LogP contribution is -2.42. The molecule has 126 valence electrons. The first-order chi connectivity index (χ1) is 11.8. The molecule has 1 aliphatic heterocycles. The number of benzene rings is 1. The van der Waals surface area contributed by atoms with Crippen molar-refractivity contribution in [2.75, 3.05) is 19.6 Å². The maximum Gasteiger partial charge on any atom is 0.227 e. The molecule has 1 aromatic carbocycles. The summed E-state index contributed by atoms with van der Waals surface area (Å²) >= 11 is 0. The molecule has 1 aromatic heterocycles. The van der Waals surface area contributed by atoms with E-state index >= 15 is 0 Å². The van der Waals surface area contributed by atoms with E-state index in [2.05, 4.69) is 41.1 Å². The quantitative estimate of drug-likeness (QED) is 0.820. The highest BCUT2D eigenvalue weighted by Crippen LogP contribution is 2.19. The molecule has 0 bridgehead atoms. The maximum absolute atomic E-state index is 12.7. The zero-order valence-electron chi connectivity index (χ0n) is 14.3. The van der Waals surface area contributed by atoms with Crippen LogP contribution in [0.5, 0.6) is 0 Å². The molecule has 4 heteroatoms. The molecule has 1 atom stereocenters. The standard InChI is InChI=1S/C20H25N3O/c1-2-23(20(24)13-18-9-6-11-21-14-18)19-10-12-22(16-19)15-17-7-4-3-5-8-17/h3-9,11,14,19H,2,10,12-13,15-16H2,1H3. The van der Waals surface area contributed by atoms with Crippen molar-refractivity contribution in [3.05, 3.63) is 66.0 Å². The lowest BCUT2D eigenvalue weighted by molar-refractivity contribution is -0.132. The SMILES string of the molecule is CCN(C(=O)Cc1cccnc1)C1CCN(Cc2ccccc2)C1. The first kappa shape index (κ1) is 16.7. The van der Waals surface area contributed by atoms with Crippen LogP contribution in [-0.2, 0) is 17.8 Å². The zero-order chi connectivity index (χ0) is 16.8. The lowest BCUT2D eigenvalue weighted by Gasteiger charge is -2.28. The van der Waals surface area contributed by atoms with Gasteiger partial charge < -0.3 is 4.90 Å². The van der Waals surface area contributed by atoms with E-state index in [-0.39, 0.29) is 5.91 Å². The average Bonchev–Trinajstić information content (AvgIpc) is 3.05. The van der Waals surface area contributed by atoms with E-state index in [1.807, 2.05) is 23.1 Å². The normalized spacial score (nSPS) is 17.8. The Labute approximate surface area is 144 Å². The van der Waals surface area contributed by atoms with Crippen LogP contribution in [0.2, 0.25) is 0 Å². The van der Waals surface area contributed by atoms with Gasteiger partial charge in [0.05, 0.1) is 6.42 Å². The fraction of sp³-hybridized carbons (Fsp3) is 0.400. The molecule has 2 heterocycles. The van der Waals surface area contributed by atoms with Crippen molar-refractivity contribution in [2.24, 2.45) is 0 Å². The highest BCUT2D eigenvalue weighted by atomic mass is 16.2. The minimum absolute atomic E-state index is 0.206. The largest absolute Gasteiger partial charge is 0.338 e. The number of nitrogens with zero attached hydrogens (tertiary/aromatic N) is 3. The first-order valence-electron chi connectivity index (χ1n) is 8.71. The summed E-state index contributed by atoms with van der Waals surface area (Å²) in [4.78, 5) is 21.3. The monoisotopic (exact) mass is 323 g/mol. The fourth-order valence-corrected chi connectivity index (χ4v) is 3.47. The van der Waals surface area contributed by atoms with Gasteiger partial charge in [0, 0.05) is 44.6 Å². The highest BCUT2D eigenvalue weighted by molar-refractivity contribution is 5.79. The van der Waals surface area contributed by atoms with Gasteiger partial charge in [0.1, 0.15) is 0 Å². The molecular weight excluding hydrogens is 298 g/mol. The van der Waals surface area contributed by atoms with Gasteiger partial charge in [-0.2, -0.15) is 0 Å². The van der Waals surface area contributed by atoms with Crippen molar-refractivity contribution in [2.45, 2.75) is 32.4 Å². The molecule has 4 nitrogen and oxygen atoms in total. The topological polar surface area (TPSA) is 36.4 Å². The van der Waals surface area contributed by atoms with Gasteiger partial charge in [-0.1, -0.05) is 36.4 Å². The summed E-state index contributed by atoms with van der Waals surface area (Å²) in [5.74, 6) is 0.206. The van der Waals surface area contributed by atoms with Gasteiger partial charge in [0.25, 0.3) is 0 Å². The summed E-state index contributed by atoms with van der Waals surface area (Å²) in [5.41, 5.74) is 2.32. The van der Waals surface area contributed by atoms with E-state index in [1.54, 1.807) is 12.4 Å². The van der Waals surface area contributed by atoms with Crippen molar-refractivity contribution in [1.29, 1.82) is 0 Å². The van der Waals surface area contributed by atoms with Crippen LogP contribution in [0.4, 0.5) is 0 Å². The van der Waals surface area contributed by atoms with Crippen LogP contribution in [0, 0.1) is 0 Å². The van der Waals surface area contributed by atoms with Crippen LogP contribution >= 0.6 is 0 Å². The Kier molecular flexibility index (Phi) is 5.59. The zero-order valence-corrected chi connectivity index (χ0v) is 14.3. The van der Waals surface area contributed by atoms with E-state index in [0.717, 1.165) is 38.2 Å². The van der Waals surface area contributed by atoms with Crippen LogP contribution < -0.4 is 0 Å². The number of likely N-dealkylation sites (N-methyl/N-ethyl adjacent to an activating group) is 1. The van der Waals surface area contributed by atoms with Crippen molar-refractivity contribution < 1.29 is 4.79 Å². The number of carbonyl (C=O) groups excluding carboxylic acids is 1. The summed E-state index contributed by atoms with van der Waals surface area (Å²) in [6.45, 7) is 5.81. The summed E-state index contributed by atoms with van der Waals surface area (Å²) in [7, 11) is 0. The third kappa shape index (κ3) is 4.20. The molecule has 24 heavy (non-hydrogen) atoms. The van der Waals surface area contributed by atoms with Gasteiger partial charge in [-0.25, -0.2) is 0 Å². The Balaban J connectivity index is 1.57. The molecular formula is C20H25N3O. The van der Waals surface area contributed by atoms with Crippen LogP contribution in [0.15, 0.2) is 54.9 Å². The van der Waals surface area contributed by atoms with Crippen molar-refractivity contribution in [3.63, 3.8) is 0 Å². The Bertz CT molecular complexity index is 644. The van der Waals surface area contributed by atoms with Gasteiger partial charge >= 0.3 is 0 Å². The highest BCUT2D eigenvalue weighted by Gasteiger charge is 2.29. The Morgan fingerprint density at radius 2 is 2.00 bits per heavy atom. The number of aromatic nitrogens is 1. The van der Waals surface area contributed by atoms with Gasteiger partial charge in [-0.3, -0.25) is 14.7 Å². The number of rotatable bonds is 6. The second kappa shape index (κ2) is 8.06. The molecule has 1 amide bonds. The molecule has 0 aliphatic carbocycles. The smallest absolute Gasteiger partial charge is 0.227 e. The molecule has 0 N–H and O–H groups in total. The second-order valence-electron chi connectivity index (χ2n) is 6.38. The minimum atomic E-state index is 0.206. The number of amides is 1. The van der Waals surface area contributed by atoms with E-state index in [9.17, 15) is 4.79 Å². The Hall–Kier alpha value is -2.20. The minimum Gasteiger partial charge on any atom is -0.338 e. The third-order valence-electron chi connectivity index (χ3n) is 4.68. The number of hydrogen-bond donors (Lipinski definition) is 0. The predicted octanol–water partition coefficient (Wildman–Crippen LogP) is 2.75. The van der Waals surface area contributed by atoms with Gasteiger partial charge in [-0.15, -0.1) is 0 Å². The van der Waals surface area contributed by atoms with Crippen molar-refractivity contribution in [1.82, 2.24) is 14.8 Å². The number of carbonyl (C=O) groups is 1. The molecule has 1 unspecified atom stereocenters. The molecule has 0 saturated carbocycles. The Morgan fingerprint density at radius 1 is 1.21 bits per heavy atom. The van der Waals surface area contributed by atoms with E-state index in [4.69, 9.17) is 0 Å². The molecule has 0 radical (unpaired) electrons. The van der Waals surface area contributed by atoms with Crippen molar-refractivity contribution in [3.8, 4) is 0 Å². The van der Waals surface area contributed by atoms with Crippen LogP contribution in [0.25, 0.3) is 0 Å². The van der Waals surface area contributed by atoms with E-state index in [1.165, 1.54) is 5.56 Å². The molecule has 1 saturated heterocycles. The number of likely N-dealkylation sites (tertiary alicyclic amines) is 1. The van der Waals surface area contributed by atoms with E-state index in [0.29, 0.717) is 12.5 Å². The van der Waals surface area contributed by atoms with Crippen LogP contribution in [0.3, 0.4) is 0 Å². The predicted molar refractivity (Wildman–Crippen MR) is 95.5 cm³/mol. The van der Waals surface area contributed by atoms with Gasteiger partial charge in [0.2, 0.25) is 5.91 Å². The Morgan fingerprint density at radius 3 is 2.71 bits per heavy atom. The first-order valence-corrected chi connectivity index (χ1v) is 8.71. The molecule has 0 spiro atoms. The summed E-state index contributed by atoms with van der Waals surface area (Å²) in [6.07, 6.45) is 5.02. The lowest BCUT2D eigenvalue weighted by atomic mass is 10.1. The molecule has 1 aliphatic rings. The van der Waals surface area contributed by atoms with Gasteiger partial charge in [-0.05, 0) is 30.5 Å². The van der Waals surface area contributed by atoms with Crippen LogP contribution in [-0.4, -0.2) is 46.4 Å². The average molecular weight is 323 g/mol. The molecule has 1 fully saturated rings. The summed E-state index contributed by atoms with van der Waals surface area (Å²) in [5, 5.41) is 0. The number of hydrogen-bond acceptors (Lipinski definition) is 3. The summed E-state index contributed by atoms with van der Waals surface area (Å²) in [6, 6.07) is 14.7. The van der Waals surface area contributed by atoms with Gasteiger partial charge in [0.15, 0.2) is 0 Å².